The second-order valence-electron chi connectivity index (χ2n) is 8.37. The topological polar surface area (TPSA) is 73.7 Å². The summed E-state index contributed by atoms with van der Waals surface area (Å²) in [5.74, 6) is 0.215. The largest absolute Gasteiger partial charge is 0.494 e. The monoisotopic (exact) mass is 463 g/mol. The minimum Gasteiger partial charge on any atom is -0.494 e. The molecule has 0 spiro atoms. The number of ether oxygens (including phenoxy) is 2. The zero-order valence-corrected chi connectivity index (χ0v) is 19.6. The first kappa shape index (κ1) is 21.6. The van der Waals surface area contributed by atoms with Gasteiger partial charge in [-0.2, -0.15) is 0 Å². The molecule has 2 unspecified atom stereocenters. The molecule has 0 radical (unpaired) electrons. The Bertz CT molecular complexity index is 1390. The fourth-order valence-corrected chi connectivity index (χ4v) is 5.84. The number of aromatic nitrogens is 2. The van der Waals surface area contributed by atoms with Gasteiger partial charge in [-0.15, -0.1) is 11.3 Å². The molecule has 0 N–H and O–H groups in total. The molecule has 4 aromatic rings. The van der Waals surface area contributed by atoms with E-state index in [-0.39, 0.29) is 23.7 Å². The van der Waals surface area contributed by atoms with Crippen molar-refractivity contribution in [1.29, 1.82) is 0 Å². The van der Waals surface area contributed by atoms with Crippen molar-refractivity contribution in [2.75, 3.05) is 20.2 Å². The molecule has 5 rings (SSSR count). The van der Waals surface area contributed by atoms with E-state index < -0.39 is 0 Å². The van der Waals surface area contributed by atoms with Gasteiger partial charge in [0.05, 0.1) is 41.8 Å². The molecule has 1 aliphatic rings. The highest BCUT2D eigenvalue weighted by molar-refractivity contribution is 7.22. The maximum atomic E-state index is 13.8. The van der Waals surface area contributed by atoms with Crippen molar-refractivity contribution in [3.63, 3.8) is 0 Å². The van der Waals surface area contributed by atoms with Crippen molar-refractivity contribution in [2.45, 2.75) is 32.6 Å². The molecule has 2 atom stereocenters. The lowest BCUT2D eigenvalue weighted by Crippen LogP contribution is -2.48. The van der Waals surface area contributed by atoms with E-state index >= 15 is 0 Å². The van der Waals surface area contributed by atoms with Crippen molar-refractivity contribution in [3.05, 3.63) is 69.6 Å². The lowest BCUT2D eigenvalue weighted by molar-refractivity contribution is -0.0585. The lowest BCUT2D eigenvalue weighted by atomic mass is 10.1. The van der Waals surface area contributed by atoms with Gasteiger partial charge in [0.2, 0.25) is 0 Å². The number of benzene rings is 1. The van der Waals surface area contributed by atoms with Gasteiger partial charge < -0.3 is 18.9 Å². The summed E-state index contributed by atoms with van der Waals surface area (Å²) in [4.78, 5) is 33.9. The number of hydrogen-bond acceptors (Lipinski definition) is 6. The quantitative estimate of drug-likeness (QED) is 0.459. The summed E-state index contributed by atoms with van der Waals surface area (Å²) in [6.45, 7) is 5.26. The van der Waals surface area contributed by atoms with Crippen LogP contribution in [-0.2, 0) is 11.3 Å². The smallest absolute Gasteiger partial charge is 0.267 e. The van der Waals surface area contributed by atoms with Crippen LogP contribution in [0.5, 0.6) is 5.75 Å². The second kappa shape index (κ2) is 8.61. The minimum absolute atomic E-state index is 0.0468. The zero-order chi connectivity index (χ0) is 23.1. The number of fused-ring (bicyclic) bond motifs is 3. The molecule has 170 valence electrons. The molecule has 1 amide bonds. The molecule has 1 saturated heterocycles. The number of thiophene rings is 1. The normalized spacial score (nSPS) is 18.7. The highest BCUT2D eigenvalue weighted by Crippen LogP contribution is 2.40. The number of hydrogen-bond donors (Lipinski definition) is 0. The summed E-state index contributed by atoms with van der Waals surface area (Å²) >= 11 is 1.33. The third kappa shape index (κ3) is 3.79. The third-order valence-electron chi connectivity index (χ3n) is 5.91. The third-order valence-corrected chi connectivity index (χ3v) is 7.11. The van der Waals surface area contributed by atoms with Gasteiger partial charge in [-0.25, -0.2) is 0 Å². The standard InChI is InChI=1S/C25H25N3O4S/c1-15-12-27(13-16(2)32-15)25(30)23-21(31-3)20-22(33-23)18-9-4-5-10-19(18)28(24(20)29)14-17-8-6-7-11-26-17/h4-11,15-16H,12-14H2,1-3H3. The van der Waals surface area contributed by atoms with E-state index in [0.717, 1.165) is 21.3 Å². The Kier molecular flexibility index (Phi) is 5.64. The first-order chi connectivity index (χ1) is 16.0. The second-order valence-corrected chi connectivity index (χ2v) is 9.39. The number of pyridine rings is 2. The van der Waals surface area contributed by atoms with E-state index in [9.17, 15) is 9.59 Å². The number of carbonyl (C=O) groups is 1. The Labute approximate surface area is 195 Å². The number of amides is 1. The molecule has 4 heterocycles. The van der Waals surface area contributed by atoms with E-state index in [4.69, 9.17) is 9.47 Å². The maximum Gasteiger partial charge on any atom is 0.267 e. The number of morpholine rings is 1. The van der Waals surface area contributed by atoms with E-state index in [1.165, 1.54) is 18.4 Å². The van der Waals surface area contributed by atoms with Crippen molar-refractivity contribution in [2.24, 2.45) is 0 Å². The van der Waals surface area contributed by atoms with Gasteiger partial charge in [-0.1, -0.05) is 24.3 Å². The van der Waals surface area contributed by atoms with E-state index in [1.807, 2.05) is 56.3 Å². The first-order valence-electron chi connectivity index (χ1n) is 10.9. The van der Waals surface area contributed by atoms with Crippen LogP contribution in [-0.4, -0.2) is 52.8 Å². The molecule has 1 aromatic carbocycles. The minimum atomic E-state index is -0.190. The molecule has 33 heavy (non-hydrogen) atoms. The summed E-state index contributed by atoms with van der Waals surface area (Å²) in [7, 11) is 1.51. The highest BCUT2D eigenvalue weighted by atomic mass is 32.1. The molecule has 1 aliphatic heterocycles. The summed E-state index contributed by atoms with van der Waals surface area (Å²) in [5, 5.41) is 1.35. The van der Waals surface area contributed by atoms with Crippen LogP contribution in [0.4, 0.5) is 0 Å². The number of rotatable bonds is 4. The Morgan fingerprint density at radius 1 is 1.15 bits per heavy atom. The van der Waals surface area contributed by atoms with E-state index in [2.05, 4.69) is 4.98 Å². The first-order valence-corrected chi connectivity index (χ1v) is 11.8. The molecular formula is C25H25N3O4S. The molecule has 0 bridgehead atoms. The van der Waals surface area contributed by atoms with Crippen molar-refractivity contribution < 1.29 is 14.3 Å². The predicted octanol–water partition coefficient (Wildman–Crippen LogP) is 3.92. The van der Waals surface area contributed by atoms with Crippen LogP contribution in [0.1, 0.15) is 29.2 Å². The van der Waals surface area contributed by atoms with Gasteiger partial charge in [-0.3, -0.25) is 14.6 Å². The maximum absolute atomic E-state index is 13.8. The Morgan fingerprint density at radius 2 is 1.88 bits per heavy atom. The summed E-state index contributed by atoms with van der Waals surface area (Å²) in [5.41, 5.74) is 1.40. The van der Waals surface area contributed by atoms with Crippen LogP contribution < -0.4 is 10.3 Å². The van der Waals surface area contributed by atoms with Crippen LogP contribution in [0, 0.1) is 0 Å². The number of nitrogens with zero attached hydrogens (tertiary/aromatic N) is 3. The molecule has 0 aliphatic carbocycles. The SMILES string of the molecule is COc1c(C(=O)N2CC(C)OC(C)C2)sc2c1c(=O)n(Cc1ccccn1)c1ccccc21. The van der Waals surface area contributed by atoms with Gasteiger partial charge in [-0.05, 0) is 32.0 Å². The fourth-order valence-electron chi connectivity index (χ4n) is 4.58. The van der Waals surface area contributed by atoms with Crippen LogP contribution in [0.3, 0.4) is 0 Å². The van der Waals surface area contributed by atoms with Crippen molar-refractivity contribution >= 4 is 38.2 Å². The van der Waals surface area contributed by atoms with Crippen LogP contribution in [0.2, 0.25) is 0 Å². The number of carbonyl (C=O) groups excluding carboxylic acids is 1. The van der Waals surface area contributed by atoms with Gasteiger partial charge in [0.1, 0.15) is 10.3 Å². The van der Waals surface area contributed by atoms with Crippen LogP contribution in [0.15, 0.2) is 53.5 Å². The fraction of sp³-hybridized carbons (Fsp3) is 0.320. The number of para-hydroxylation sites is 1. The van der Waals surface area contributed by atoms with Crippen LogP contribution in [0.25, 0.3) is 21.0 Å². The number of methoxy groups -OCH3 is 1. The molecule has 1 fully saturated rings. The average molecular weight is 464 g/mol. The Morgan fingerprint density at radius 3 is 2.58 bits per heavy atom. The highest BCUT2D eigenvalue weighted by Gasteiger charge is 2.31. The summed E-state index contributed by atoms with van der Waals surface area (Å²) in [6.07, 6.45) is 1.62. The molecular weight excluding hydrogens is 438 g/mol. The van der Waals surface area contributed by atoms with Crippen molar-refractivity contribution in [3.8, 4) is 5.75 Å². The van der Waals surface area contributed by atoms with Gasteiger partial charge in [0.25, 0.3) is 11.5 Å². The Balaban J connectivity index is 1.71. The summed E-state index contributed by atoms with van der Waals surface area (Å²) in [6, 6.07) is 13.4. The van der Waals surface area contributed by atoms with Gasteiger partial charge >= 0.3 is 0 Å². The molecule has 8 heteroatoms. The average Bonchev–Trinajstić information content (AvgIpc) is 3.21. The van der Waals surface area contributed by atoms with Gasteiger partial charge in [0.15, 0.2) is 5.75 Å². The predicted molar refractivity (Wildman–Crippen MR) is 129 cm³/mol. The summed E-state index contributed by atoms with van der Waals surface area (Å²) < 4.78 is 14.0. The molecule has 7 nitrogen and oxygen atoms in total. The van der Waals surface area contributed by atoms with E-state index in [1.54, 1.807) is 15.7 Å². The van der Waals surface area contributed by atoms with Gasteiger partial charge in [0, 0.05) is 24.7 Å². The Hall–Kier alpha value is -3.23. The van der Waals surface area contributed by atoms with E-state index in [0.29, 0.717) is 35.6 Å². The van der Waals surface area contributed by atoms with Crippen molar-refractivity contribution in [1.82, 2.24) is 14.5 Å². The van der Waals surface area contributed by atoms with Crippen LogP contribution >= 0.6 is 11.3 Å². The molecule has 3 aromatic heterocycles. The zero-order valence-electron chi connectivity index (χ0n) is 18.8. The molecule has 0 saturated carbocycles. The lowest BCUT2D eigenvalue weighted by Gasteiger charge is -2.35.